The molecule has 1 fully saturated rings. The summed E-state index contributed by atoms with van der Waals surface area (Å²) in [6.07, 6.45) is 1.59. The van der Waals surface area contributed by atoms with Crippen LogP contribution in [0.5, 0.6) is 0 Å². The first-order valence-electron chi connectivity index (χ1n) is 9.83. The summed E-state index contributed by atoms with van der Waals surface area (Å²) in [6.45, 7) is 1.61. The number of anilines is 1. The predicted octanol–water partition coefficient (Wildman–Crippen LogP) is 4.12. The van der Waals surface area contributed by atoms with Crippen molar-refractivity contribution in [1.29, 1.82) is 0 Å². The Bertz CT molecular complexity index is 819. The molecule has 1 saturated heterocycles. The van der Waals surface area contributed by atoms with Gasteiger partial charge in [0.25, 0.3) is 0 Å². The summed E-state index contributed by atoms with van der Waals surface area (Å²) in [4.78, 5) is 26.6. The Labute approximate surface area is 175 Å². The summed E-state index contributed by atoms with van der Waals surface area (Å²) in [5.74, 6) is 0.889. The Morgan fingerprint density at radius 2 is 1.86 bits per heavy atom. The van der Waals surface area contributed by atoms with E-state index >= 15 is 0 Å². The lowest BCUT2D eigenvalue weighted by molar-refractivity contribution is -0.126. The molecule has 5 nitrogen and oxygen atoms in total. The number of amides is 3. The summed E-state index contributed by atoms with van der Waals surface area (Å²) < 4.78 is 13.6. The maximum absolute atomic E-state index is 13.6. The molecule has 2 aromatic rings. The highest BCUT2D eigenvalue weighted by molar-refractivity contribution is 7.98. The highest BCUT2D eigenvalue weighted by atomic mass is 32.2. The molecule has 2 aromatic carbocycles. The van der Waals surface area contributed by atoms with E-state index in [0.717, 1.165) is 18.5 Å². The van der Waals surface area contributed by atoms with Crippen LogP contribution in [0, 0.1) is 11.7 Å². The van der Waals surface area contributed by atoms with Gasteiger partial charge in [0.1, 0.15) is 5.82 Å². The molecule has 0 radical (unpaired) electrons. The van der Waals surface area contributed by atoms with E-state index in [9.17, 15) is 14.0 Å². The van der Waals surface area contributed by atoms with E-state index in [1.807, 2.05) is 36.4 Å². The van der Waals surface area contributed by atoms with Crippen LogP contribution >= 0.6 is 11.8 Å². The number of hydrogen-bond donors (Lipinski definition) is 2. The van der Waals surface area contributed by atoms with Gasteiger partial charge < -0.3 is 15.5 Å². The van der Waals surface area contributed by atoms with E-state index in [1.165, 1.54) is 6.07 Å². The average Bonchev–Trinajstić information content (AvgIpc) is 2.75. The second-order valence-corrected chi connectivity index (χ2v) is 8.12. The minimum Gasteiger partial charge on any atom is -0.355 e. The van der Waals surface area contributed by atoms with Crippen LogP contribution in [0.25, 0.3) is 0 Å². The first kappa shape index (κ1) is 21.2. The smallest absolute Gasteiger partial charge is 0.321 e. The second-order valence-electron chi connectivity index (χ2n) is 7.02. The number of piperidine rings is 1. The van der Waals surface area contributed by atoms with Gasteiger partial charge in [-0.2, -0.15) is 11.8 Å². The summed E-state index contributed by atoms with van der Waals surface area (Å²) >= 11 is 1.59. The average molecular weight is 416 g/mol. The van der Waals surface area contributed by atoms with Gasteiger partial charge in [-0.1, -0.05) is 36.4 Å². The fourth-order valence-electron chi connectivity index (χ4n) is 3.29. The standard InChI is InChI=1S/C22H26FN3O2S/c23-20-11-5-4-7-18(20)16-29-14-12-24-21(27)17-8-6-13-26(15-17)22(28)25-19-9-2-1-3-10-19/h1-5,7,9-11,17H,6,8,12-16H2,(H,24,27)(H,25,28)/t17-/m0/s1. The summed E-state index contributed by atoms with van der Waals surface area (Å²) in [5, 5.41) is 5.82. The largest absolute Gasteiger partial charge is 0.355 e. The molecule has 0 spiro atoms. The van der Waals surface area contributed by atoms with Gasteiger partial charge in [-0.15, -0.1) is 0 Å². The Morgan fingerprint density at radius 3 is 2.66 bits per heavy atom. The van der Waals surface area contributed by atoms with E-state index in [0.29, 0.717) is 36.7 Å². The number of likely N-dealkylation sites (tertiary alicyclic amines) is 1. The molecule has 1 aliphatic rings. The zero-order valence-corrected chi connectivity index (χ0v) is 17.1. The number of hydrogen-bond acceptors (Lipinski definition) is 3. The van der Waals surface area contributed by atoms with Crippen LogP contribution in [0.1, 0.15) is 18.4 Å². The lowest BCUT2D eigenvalue weighted by Crippen LogP contribution is -2.47. The number of halogens is 1. The van der Waals surface area contributed by atoms with Crippen molar-refractivity contribution < 1.29 is 14.0 Å². The van der Waals surface area contributed by atoms with Crippen LogP contribution in [-0.4, -0.2) is 42.2 Å². The third-order valence-electron chi connectivity index (χ3n) is 4.87. The topological polar surface area (TPSA) is 61.4 Å². The second kappa shape index (κ2) is 10.9. The highest BCUT2D eigenvalue weighted by Gasteiger charge is 2.28. The van der Waals surface area contributed by atoms with Crippen LogP contribution in [0.15, 0.2) is 54.6 Å². The molecule has 0 unspecified atom stereocenters. The zero-order valence-electron chi connectivity index (χ0n) is 16.3. The fourth-order valence-corrected chi connectivity index (χ4v) is 4.13. The van der Waals surface area contributed by atoms with Gasteiger partial charge in [-0.25, -0.2) is 9.18 Å². The van der Waals surface area contributed by atoms with Gasteiger partial charge in [0.05, 0.1) is 5.92 Å². The molecule has 0 aliphatic carbocycles. The molecule has 0 bridgehead atoms. The third-order valence-corrected chi connectivity index (χ3v) is 5.87. The van der Waals surface area contributed by atoms with E-state index in [-0.39, 0.29) is 23.7 Å². The number of urea groups is 1. The molecule has 0 aromatic heterocycles. The monoisotopic (exact) mass is 415 g/mol. The molecule has 3 amide bonds. The summed E-state index contributed by atoms with van der Waals surface area (Å²) in [5.41, 5.74) is 1.42. The number of nitrogens with one attached hydrogen (secondary N) is 2. The van der Waals surface area contributed by atoms with Crippen LogP contribution in [0.3, 0.4) is 0 Å². The quantitative estimate of drug-likeness (QED) is 0.669. The number of carbonyl (C=O) groups is 2. The molecule has 2 N–H and O–H groups in total. The Balaban J connectivity index is 1.38. The lowest BCUT2D eigenvalue weighted by atomic mass is 9.97. The third kappa shape index (κ3) is 6.49. The SMILES string of the molecule is O=C(NCCSCc1ccccc1F)[C@H]1CCCN(C(=O)Nc2ccccc2)C1. The Hall–Kier alpha value is -2.54. The molecule has 154 valence electrons. The van der Waals surface area contributed by atoms with Crippen molar-refractivity contribution in [3.63, 3.8) is 0 Å². The van der Waals surface area contributed by atoms with E-state index in [2.05, 4.69) is 10.6 Å². The van der Waals surface area contributed by atoms with E-state index in [4.69, 9.17) is 0 Å². The summed E-state index contributed by atoms with van der Waals surface area (Å²) in [6, 6.07) is 15.9. The number of benzene rings is 2. The molecule has 1 heterocycles. The zero-order chi connectivity index (χ0) is 20.5. The molecule has 1 aliphatic heterocycles. The maximum Gasteiger partial charge on any atom is 0.321 e. The maximum atomic E-state index is 13.6. The van der Waals surface area contributed by atoms with Crippen molar-refractivity contribution in [2.24, 2.45) is 5.92 Å². The molecule has 29 heavy (non-hydrogen) atoms. The van der Waals surface area contributed by atoms with Crippen LogP contribution < -0.4 is 10.6 Å². The molecule has 0 saturated carbocycles. The lowest BCUT2D eigenvalue weighted by Gasteiger charge is -2.32. The first-order valence-corrected chi connectivity index (χ1v) is 11.0. The van der Waals surface area contributed by atoms with Crippen LogP contribution in [-0.2, 0) is 10.5 Å². The molecule has 7 heteroatoms. The Morgan fingerprint density at radius 1 is 1.10 bits per heavy atom. The molecular formula is C22H26FN3O2S. The number of nitrogens with zero attached hydrogens (tertiary/aromatic N) is 1. The Kier molecular flexibility index (Phi) is 7.93. The van der Waals surface area contributed by atoms with E-state index < -0.39 is 0 Å². The number of thioether (sulfide) groups is 1. The van der Waals surface area contributed by atoms with Crippen molar-refractivity contribution in [2.45, 2.75) is 18.6 Å². The minimum absolute atomic E-state index is 0.0197. The van der Waals surface area contributed by atoms with Gasteiger partial charge in [0, 0.05) is 36.8 Å². The van der Waals surface area contributed by atoms with Gasteiger partial charge in [0.15, 0.2) is 0 Å². The molecule has 1 atom stereocenters. The summed E-state index contributed by atoms with van der Waals surface area (Å²) in [7, 11) is 0. The van der Waals surface area contributed by atoms with Crippen molar-refractivity contribution in [3.05, 3.63) is 66.0 Å². The highest BCUT2D eigenvalue weighted by Crippen LogP contribution is 2.19. The normalized spacial score (nSPS) is 16.3. The molecular weight excluding hydrogens is 389 g/mol. The fraction of sp³-hybridized carbons (Fsp3) is 0.364. The van der Waals surface area contributed by atoms with Crippen molar-refractivity contribution in [3.8, 4) is 0 Å². The van der Waals surface area contributed by atoms with Gasteiger partial charge >= 0.3 is 6.03 Å². The van der Waals surface area contributed by atoms with Crippen LogP contribution in [0.2, 0.25) is 0 Å². The first-order chi connectivity index (χ1) is 14.1. The number of para-hydroxylation sites is 1. The predicted molar refractivity (Wildman–Crippen MR) is 115 cm³/mol. The minimum atomic E-state index is -0.194. The molecule has 3 rings (SSSR count). The van der Waals surface area contributed by atoms with Gasteiger partial charge in [0.2, 0.25) is 5.91 Å². The number of carbonyl (C=O) groups excluding carboxylic acids is 2. The van der Waals surface area contributed by atoms with Crippen molar-refractivity contribution >= 4 is 29.4 Å². The number of rotatable bonds is 7. The van der Waals surface area contributed by atoms with Crippen molar-refractivity contribution in [1.82, 2.24) is 10.2 Å². The van der Waals surface area contributed by atoms with Crippen LogP contribution in [0.4, 0.5) is 14.9 Å². The van der Waals surface area contributed by atoms with Gasteiger partial charge in [-0.05, 0) is 36.6 Å². The van der Waals surface area contributed by atoms with Crippen molar-refractivity contribution in [2.75, 3.05) is 30.7 Å². The van der Waals surface area contributed by atoms with E-state index in [1.54, 1.807) is 28.8 Å². The van der Waals surface area contributed by atoms with Gasteiger partial charge in [-0.3, -0.25) is 4.79 Å².